The van der Waals surface area contributed by atoms with Gasteiger partial charge in [-0.15, -0.1) is 0 Å². The van der Waals surface area contributed by atoms with E-state index in [1.54, 1.807) is 18.7 Å². The van der Waals surface area contributed by atoms with Gasteiger partial charge in [-0.3, -0.25) is 9.36 Å². The summed E-state index contributed by atoms with van der Waals surface area (Å²) in [5.41, 5.74) is 3.54. The van der Waals surface area contributed by atoms with Gasteiger partial charge >= 0.3 is 0 Å². The predicted octanol–water partition coefficient (Wildman–Crippen LogP) is 3.86. The molecule has 2 heterocycles. The van der Waals surface area contributed by atoms with E-state index in [9.17, 15) is 4.79 Å². The molecule has 5 nitrogen and oxygen atoms in total. The molecule has 0 saturated carbocycles. The normalized spacial score (nSPS) is 10.5. The molecule has 0 saturated heterocycles. The third-order valence-corrected chi connectivity index (χ3v) is 4.29. The maximum atomic E-state index is 12.7. The Labute approximate surface area is 157 Å². The van der Waals surface area contributed by atoms with Gasteiger partial charge in [0.1, 0.15) is 12.1 Å². The van der Waals surface area contributed by atoms with E-state index in [0.717, 1.165) is 22.5 Å². The second kappa shape index (κ2) is 7.66. The minimum absolute atomic E-state index is 0.104. The second-order valence-electron chi connectivity index (χ2n) is 6.09. The van der Waals surface area contributed by atoms with Gasteiger partial charge in [0.15, 0.2) is 0 Å². The number of pyridine rings is 1. The standard InChI is InChI=1S/C22H18N4O/c27-22(20-9-5-4-8-19(20)18-6-2-1-3-7-18)25-15-17-10-11-21(24-14-17)26-13-12-23-16-26/h1-14,16H,15H2,(H,25,27). The molecule has 5 heteroatoms. The lowest BCUT2D eigenvalue weighted by Crippen LogP contribution is -2.23. The fourth-order valence-corrected chi connectivity index (χ4v) is 2.90. The third-order valence-electron chi connectivity index (χ3n) is 4.29. The van der Waals surface area contributed by atoms with Crippen molar-refractivity contribution in [2.24, 2.45) is 0 Å². The van der Waals surface area contributed by atoms with Gasteiger partial charge in [-0.1, -0.05) is 54.6 Å². The van der Waals surface area contributed by atoms with Crippen LogP contribution in [-0.2, 0) is 6.54 Å². The topological polar surface area (TPSA) is 59.8 Å². The molecule has 1 N–H and O–H groups in total. The smallest absolute Gasteiger partial charge is 0.252 e. The number of nitrogens with zero attached hydrogens (tertiary/aromatic N) is 3. The van der Waals surface area contributed by atoms with Gasteiger partial charge in [0.05, 0.1) is 0 Å². The van der Waals surface area contributed by atoms with Gasteiger partial charge in [-0.05, 0) is 28.8 Å². The van der Waals surface area contributed by atoms with Gasteiger partial charge < -0.3 is 5.32 Å². The monoisotopic (exact) mass is 354 g/mol. The number of hydrogen-bond acceptors (Lipinski definition) is 3. The molecule has 0 aliphatic heterocycles. The summed E-state index contributed by atoms with van der Waals surface area (Å²) in [5.74, 6) is 0.685. The number of rotatable bonds is 5. The Bertz CT molecular complexity index is 1030. The molecule has 132 valence electrons. The lowest BCUT2D eigenvalue weighted by Gasteiger charge is -2.11. The van der Waals surface area contributed by atoms with Crippen molar-refractivity contribution in [3.8, 4) is 16.9 Å². The van der Waals surface area contributed by atoms with Crippen LogP contribution in [0.4, 0.5) is 0 Å². The first-order chi connectivity index (χ1) is 13.3. The highest BCUT2D eigenvalue weighted by atomic mass is 16.1. The van der Waals surface area contributed by atoms with Gasteiger partial charge in [0.2, 0.25) is 0 Å². The first-order valence-corrected chi connectivity index (χ1v) is 8.67. The van der Waals surface area contributed by atoms with Crippen molar-refractivity contribution in [1.29, 1.82) is 0 Å². The molecule has 0 bridgehead atoms. The van der Waals surface area contributed by atoms with E-state index in [2.05, 4.69) is 15.3 Å². The summed E-state index contributed by atoms with van der Waals surface area (Å²) in [5, 5.41) is 2.98. The van der Waals surface area contributed by atoms with E-state index in [0.29, 0.717) is 12.1 Å². The number of amides is 1. The van der Waals surface area contributed by atoms with Crippen LogP contribution in [-0.4, -0.2) is 20.4 Å². The number of carbonyl (C=O) groups is 1. The molecule has 0 spiro atoms. The molecule has 2 aromatic heterocycles. The van der Waals surface area contributed by atoms with Crippen molar-refractivity contribution in [1.82, 2.24) is 19.9 Å². The van der Waals surface area contributed by atoms with Crippen molar-refractivity contribution in [3.05, 3.63) is 103 Å². The Morgan fingerprint density at radius 1 is 0.963 bits per heavy atom. The fourth-order valence-electron chi connectivity index (χ4n) is 2.90. The van der Waals surface area contributed by atoms with Gasteiger partial charge in [-0.25, -0.2) is 9.97 Å². The molecular formula is C22H18N4O. The highest BCUT2D eigenvalue weighted by Gasteiger charge is 2.12. The number of benzene rings is 2. The van der Waals surface area contributed by atoms with Crippen LogP contribution in [0.3, 0.4) is 0 Å². The average Bonchev–Trinajstić information content (AvgIpc) is 3.28. The van der Waals surface area contributed by atoms with Crippen LogP contribution in [0, 0.1) is 0 Å². The molecule has 0 aliphatic carbocycles. The number of aromatic nitrogens is 3. The van der Waals surface area contributed by atoms with Crippen LogP contribution >= 0.6 is 0 Å². The summed E-state index contributed by atoms with van der Waals surface area (Å²) in [6, 6.07) is 21.4. The van der Waals surface area contributed by atoms with Crippen LogP contribution in [0.5, 0.6) is 0 Å². The van der Waals surface area contributed by atoms with Crippen LogP contribution in [0.1, 0.15) is 15.9 Å². The van der Waals surface area contributed by atoms with Crippen molar-refractivity contribution in [3.63, 3.8) is 0 Å². The maximum Gasteiger partial charge on any atom is 0.252 e. The zero-order valence-corrected chi connectivity index (χ0v) is 14.6. The summed E-state index contributed by atoms with van der Waals surface area (Å²) in [4.78, 5) is 21.1. The van der Waals surface area contributed by atoms with E-state index < -0.39 is 0 Å². The Morgan fingerprint density at radius 2 is 1.78 bits per heavy atom. The summed E-state index contributed by atoms with van der Waals surface area (Å²) >= 11 is 0. The largest absolute Gasteiger partial charge is 0.348 e. The lowest BCUT2D eigenvalue weighted by molar-refractivity contribution is 0.0951. The third kappa shape index (κ3) is 3.77. The molecular weight excluding hydrogens is 336 g/mol. The average molecular weight is 354 g/mol. The van der Waals surface area contributed by atoms with E-state index in [4.69, 9.17) is 0 Å². The van der Waals surface area contributed by atoms with Crippen molar-refractivity contribution < 1.29 is 4.79 Å². The van der Waals surface area contributed by atoms with Gasteiger partial charge in [0, 0.05) is 30.7 Å². The van der Waals surface area contributed by atoms with Crippen molar-refractivity contribution >= 4 is 5.91 Å². The molecule has 0 fully saturated rings. The number of nitrogens with one attached hydrogen (secondary N) is 1. The summed E-state index contributed by atoms with van der Waals surface area (Å²) in [7, 11) is 0. The molecule has 4 rings (SSSR count). The molecule has 0 atom stereocenters. The first kappa shape index (κ1) is 16.7. The van der Waals surface area contributed by atoms with Crippen LogP contribution in [0.2, 0.25) is 0 Å². The molecule has 4 aromatic rings. The van der Waals surface area contributed by atoms with Crippen LogP contribution < -0.4 is 5.32 Å². The maximum absolute atomic E-state index is 12.7. The summed E-state index contributed by atoms with van der Waals surface area (Å²) in [6.45, 7) is 0.416. The minimum atomic E-state index is -0.104. The van der Waals surface area contributed by atoms with Gasteiger partial charge in [-0.2, -0.15) is 0 Å². The fraction of sp³-hybridized carbons (Fsp3) is 0.0455. The van der Waals surface area contributed by atoms with Crippen LogP contribution in [0.25, 0.3) is 16.9 Å². The Hall–Kier alpha value is -3.73. The van der Waals surface area contributed by atoms with E-state index in [-0.39, 0.29) is 5.91 Å². The highest BCUT2D eigenvalue weighted by Crippen LogP contribution is 2.23. The highest BCUT2D eigenvalue weighted by molar-refractivity contribution is 6.00. The zero-order chi connectivity index (χ0) is 18.5. The second-order valence-corrected chi connectivity index (χ2v) is 6.09. The van der Waals surface area contributed by atoms with Gasteiger partial charge in [0.25, 0.3) is 5.91 Å². The summed E-state index contributed by atoms with van der Waals surface area (Å²) < 4.78 is 1.83. The molecule has 1 amide bonds. The first-order valence-electron chi connectivity index (χ1n) is 8.67. The van der Waals surface area contributed by atoms with Crippen molar-refractivity contribution in [2.75, 3.05) is 0 Å². The predicted molar refractivity (Wildman–Crippen MR) is 104 cm³/mol. The lowest BCUT2D eigenvalue weighted by atomic mass is 9.99. The zero-order valence-electron chi connectivity index (χ0n) is 14.6. The molecule has 0 unspecified atom stereocenters. The molecule has 0 radical (unpaired) electrons. The number of imidazole rings is 1. The number of carbonyl (C=O) groups excluding carboxylic acids is 1. The van der Waals surface area contributed by atoms with E-state index >= 15 is 0 Å². The van der Waals surface area contributed by atoms with E-state index in [1.165, 1.54) is 0 Å². The minimum Gasteiger partial charge on any atom is -0.348 e. The Morgan fingerprint density at radius 3 is 2.52 bits per heavy atom. The Balaban J connectivity index is 1.47. The molecule has 0 aliphatic rings. The Kier molecular flexibility index (Phi) is 4.74. The SMILES string of the molecule is O=C(NCc1ccc(-n2ccnc2)nc1)c1ccccc1-c1ccccc1. The molecule has 2 aromatic carbocycles. The summed E-state index contributed by atoms with van der Waals surface area (Å²) in [6.07, 6.45) is 7.01. The van der Waals surface area contributed by atoms with E-state index in [1.807, 2.05) is 77.5 Å². The molecule has 27 heavy (non-hydrogen) atoms. The quantitative estimate of drug-likeness (QED) is 0.592. The van der Waals surface area contributed by atoms with Crippen molar-refractivity contribution in [2.45, 2.75) is 6.54 Å². The number of hydrogen-bond donors (Lipinski definition) is 1. The van der Waals surface area contributed by atoms with Crippen LogP contribution in [0.15, 0.2) is 91.6 Å².